The van der Waals surface area contributed by atoms with E-state index in [2.05, 4.69) is 5.32 Å². The number of likely N-dealkylation sites (N-methyl/N-ethyl adjacent to an activating group) is 1. The molecular weight excluding hydrogens is 279 g/mol. The first-order chi connectivity index (χ1) is 9.84. The molecule has 0 saturated heterocycles. The van der Waals surface area contributed by atoms with E-state index in [1.807, 2.05) is 20.8 Å². The molecule has 0 aliphatic rings. The smallest absolute Gasteiger partial charge is 0.376 e. The van der Waals surface area contributed by atoms with Gasteiger partial charge in [-0.15, -0.1) is 0 Å². The molecule has 0 fully saturated rings. The number of halogens is 3. The molecule has 0 spiro atoms. The molecule has 1 aromatic rings. The van der Waals surface area contributed by atoms with Gasteiger partial charge in [-0.2, -0.15) is 13.2 Å². The van der Waals surface area contributed by atoms with Crippen LogP contribution < -0.4 is 5.32 Å². The molecule has 1 unspecified atom stereocenters. The third kappa shape index (κ3) is 3.98. The summed E-state index contributed by atoms with van der Waals surface area (Å²) in [5.74, 6) is 0. The first kappa shape index (κ1) is 18.0. The summed E-state index contributed by atoms with van der Waals surface area (Å²) in [7, 11) is 1.65. The Labute approximate surface area is 124 Å². The minimum absolute atomic E-state index is 0.134. The van der Waals surface area contributed by atoms with E-state index >= 15 is 0 Å². The van der Waals surface area contributed by atoms with Crippen molar-refractivity contribution in [3.63, 3.8) is 0 Å². The lowest BCUT2D eigenvalue weighted by Gasteiger charge is -2.39. The van der Waals surface area contributed by atoms with Gasteiger partial charge in [0.25, 0.3) is 0 Å². The van der Waals surface area contributed by atoms with Crippen LogP contribution in [-0.2, 0) is 10.9 Å². The fourth-order valence-electron chi connectivity index (χ4n) is 2.74. The number of ether oxygens (including phenoxy) is 1. The van der Waals surface area contributed by atoms with E-state index in [9.17, 15) is 13.2 Å². The van der Waals surface area contributed by atoms with Crippen molar-refractivity contribution >= 4 is 0 Å². The molecule has 1 N–H and O–H groups in total. The van der Waals surface area contributed by atoms with Crippen molar-refractivity contribution in [2.45, 2.75) is 51.4 Å². The van der Waals surface area contributed by atoms with Gasteiger partial charge in [-0.3, -0.25) is 0 Å². The Morgan fingerprint density at radius 1 is 1.05 bits per heavy atom. The van der Waals surface area contributed by atoms with E-state index in [4.69, 9.17) is 4.74 Å². The van der Waals surface area contributed by atoms with Gasteiger partial charge in [0.15, 0.2) is 0 Å². The summed E-state index contributed by atoms with van der Waals surface area (Å²) in [5.41, 5.74) is -0.233. The van der Waals surface area contributed by atoms with Crippen LogP contribution in [0.5, 0.6) is 0 Å². The molecule has 0 amide bonds. The van der Waals surface area contributed by atoms with E-state index in [0.717, 1.165) is 37.1 Å². The van der Waals surface area contributed by atoms with Crippen LogP contribution in [0.2, 0.25) is 0 Å². The summed E-state index contributed by atoms with van der Waals surface area (Å²) in [6.45, 7) is 6.75. The average Bonchev–Trinajstić information content (AvgIpc) is 2.48. The monoisotopic (exact) mass is 303 g/mol. The molecule has 1 rings (SSSR count). The van der Waals surface area contributed by atoms with Crippen LogP contribution in [0.15, 0.2) is 24.3 Å². The maximum absolute atomic E-state index is 12.7. The van der Waals surface area contributed by atoms with Crippen LogP contribution in [0, 0.1) is 0 Å². The summed E-state index contributed by atoms with van der Waals surface area (Å²) < 4.78 is 43.7. The largest absolute Gasteiger partial charge is 0.416 e. The Bertz CT molecular complexity index is 416. The highest BCUT2D eigenvalue weighted by atomic mass is 19.4. The summed E-state index contributed by atoms with van der Waals surface area (Å²) in [4.78, 5) is 0. The first-order valence-electron chi connectivity index (χ1n) is 7.30. The van der Waals surface area contributed by atoms with Crippen molar-refractivity contribution in [3.05, 3.63) is 35.4 Å². The Morgan fingerprint density at radius 3 is 1.90 bits per heavy atom. The van der Waals surface area contributed by atoms with Crippen LogP contribution in [0.3, 0.4) is 0 Å². The third-order valence-corrected chi connectivity index (χ3v) is 4.11. The Balaban J connectivity index is 3.17. The van der Waals surface area contributed by atoms with E-state index in [1.165, 1.54) is 12.1 Å². The van der Waals surface area contributed by atoms with Crippen LogP contribution >= 0.6 is 0 Å². The van der Waals surface area contributed by atoms with E-state index in [1.54, 1.807) is 7.11 Å². The minimum Gasteiger partial charge on any atom is -0.376 e. The summed E-state index contributed by atoms with van der Waals surface area (Å²) in [6.07, 6.45) is -2.75. The maximum atomic E-state index is 12.7. The van der Waals surface area contributed by atoms with Gasteiger partial charge in [-0.25, -0.2) is 0 Å². The molecular formula is C16H24F3NO. The summed E-state index contributed by atoms with van der Waals surface area (Å²) in [6, 6.07) is 5.20. The molecule has 21 heavy (non-hydrogen) atoms. The van der Waals surface area contributed by atoms with Crippen molar-refractivity contribution in [1.29, 1.82) is 0 Å². The molecule has 0 radical (unpaired) electrons. The Morgan fingerprint density at radius 2 is 1.57 bits per heavy atom. The second kappa shape index (κ2) is 7.27. The van der Waals surface area contributed by atoms with Crippen LogP contribution in [-0.4, -0.2) is 19.3 Å². The second-order valence-corrected chi connectivity index (χ2v) is 5.09. The molecule has 0 bridgehead atoms. The van der Waals surface area contributed by atoms with Gasteiger partial charge in [-0.1, -0.05) is 32.9 Å². The lowest BCUT2D eigenvalue weighted by molar-refractivity contribution is -0.137. The van der Waals surface area contributed by atoms with Crippen molar-refractivity contribution in [2.75, 3.05) is 13.7 Å². The zero-order valence-electron chi connectivity index (χ0n) is 13.1. The molecule has 1 atom stereocenters. The fraction of sp³-hybridized carbons (Fsp3) is 0.625. The van der Waals surface area contributed by atoms with Crippen LogP contribution in [0.25, 0.3) is 0 Å². The zero-order valence-corrected chi connectivity index (χ0v) is 13.1. The average molecular weight is 303 g/mol. The number of nitrogens with one attached hydrogen (secondary N) is 1. The quantitative estimate of drug-likeness (QED) is 0.797. The number of methoxy groups -OCH3 is 1. The predicted molar refractivity (Wildman–Crippen MR) is 78.2 cm³/mol. The van der Waals surface area contributed by atoms with Crippen LogP contribution in [0.4, 0.5) is 13.2 Å². The molecule has 120 valence electrons. The van der Waals surface area contributed by atoms with Gasteiger partial charge in [0.1, 0.15) is 0 Å². The van der Waals surface area contributed by atoms with Crippen molar-refractivity contribution < 1.29 is 17.9 Å². The maximum Gasteiger partial charge on any atom is 0.416 e. The Kier molecular flexibility index (Phi) is 6.23. The number of benzene rings is 1. The molecule has 0 saturated carbocycles. The lowest BCUT2D eigenvalue weighted by atomic mass is 9.83. The highest BCUT2D eigenvalue weighted by Gasteiger charge is 2.37. The second-order valence-electron chi connectivity index (χ2n) is 5.09. The normalized spacial score (nSPS) is 14.2. The zero-order chi connectivity index (χ0) is 16.1. The first-order valence-corrected chi connectivity index (χ1v) is 7.30. The van der Waals surface area contributed by atoms with Gasteiger partial charge in [0.2, 0.25) is 0 Å². The highest BCUT2D eigenvalue weighted by molar-refractivity contribution is 5.28. The van der Waals surface area contributed by atoms with Gasteiger partial charge in [-0.05, 0) is 37.1 Å². The van der Waals surface area contributed by atoms with Crippen molar-refractivity contribution in [3.8, 4) is 0 Å². The fourth-order valence-corrected chi connectivity index (χ4v) is 2.74. The number of hydrogen-bond donors (Lipinski definition) is 1. The lowest BCUT2D eigenvalue weighted by Crippen LogP contribution is -2.44. The van der Waals surface area contributed by atoms with Gasteiger partial charge < -0.3 is 10.1 Å². The highest BCUT2D eigenvalue weighted by Crippen LogP contribution is 2.36. The number of rotatable bonds is 7. The van der Waals surface area contributed by atoms with Crippen LogP contribution in [0.1, 0.15) is 50.8 Å². The van der Waals surface area contributed by atoms with Crippen molar-refractivity contribution in [2.24, 2.45) is 0 Å². The molecule has 5 heteroatoms. The van der Waals surface area contributed by atoms with Gasteiger partial charge in [0.05, 0.1) is 17.2 Å². The van der Waals surface area contributed by atoms with Gasteiger partial charge in [0, 0.05) is 7.11 Å². The predicted octanol–water partition coefficient (Wildman–Crippen LogP) is 4.56. The third-order valence-electron chi connectivity index (χ3n) is 4.11. The SMILES string of the molecule is CCNC(c1ccc(C(F)(F)F)cc1)C(CC)(CC)OC. The number of alkyl halides is 3. The van der Waals surface area contributed by atoms with Gasteiger partial charge >= 0.3 is 6.18 Å². The summed E-state index contributed by atoms with van der Waals surface area (Å²) in [5, 5.41) is 3.34. The molecule has 0 aliphatic heterocycles. The molecule has 0 aliphatic carbocycles. The molecule has 1 aromatic carbocycles. The summed E-state index contributed by atoms with van der Waals surface area (Å²) >= 11 is 0. The molecule has 2 nitrogen and oxygen atoms in total. The Hall–Kier alpha value is -1.07. The number of hydrogen-bond acceptors (Lipinski definition) is 2. The molecule has 0 heterocycles. The molecule has 0 aromatic heterocycles. The minimum atomic E-state index is -4.31. The van der Waals surface area contributed by atoms with E-state index < -0.39 is 17.3 Å². The topological polar surface area (TPSA) is 21.3 Å². The van der Waals surface area contributed by atoms with Crippen molar-refractivity contribution in [1.82, 2.24) is 5.32 Å². The standard InChI is InChI=1S/C16H24F3NO/c1-5-15(6-2,21-4)14(20-7-3)12-8-10-13(11-9-12)16(17,18)19/h8-11,14,20H,5-7H2,1-4H3. The van der Waals surface area contributed by atoms with E-state index in [-0.39, 0.29) is 6.04 Å². The van der Waals surface area contributed by atoms with E-state index in [0.29, 0.717) is 0 Å².